The topological polar surface area (TPSA) is 99.8 Å². The normalized spacial score (nSPS) is 11.4. The Morgan fingerprint density at radius 1 is 1.12 bits per heavy atom. The maximum atomic E-state index is 12.5. The number of H-pyrrole nitrogens is 1. The number of nitrogens with one attached hydrogen (secondary N) is 3. The highest BCUT2D eigenvalue weighted by molar-refractivity contribution is 7.92. The second-order valence-electron chi connectivity index (χ2n) is 5.88. The molecule has 3 rings (SSSR count). The van der Waals surface area contributed by atoms with Gasteiger partial charge < -0.3 is 5.32 Å². The first-order valence-corrected chi connectivity index (χ1v) is 9.66. The van der Waals surface area contributed by atoms with Crippen molar-refractivity contribution in [2.75, 3.05) is 10.0 Å². The van der Waals surface area contributed by atoms with Crippen LogP contribution >= 0.6 is 11.6 Å². The molecular weight excluding hydrogens is 374 g/mol. The molecular formula is C17H18ClN5O2S. The van der Waals surface area contributed by atoms with Crippen LogP contribution in [0.5, 0.6) is 0 Å². The molecule has 2 aromatic heterocycles. The zero-order valence-corrected chi connectivity index (χ0v) is 16.0. The van der Waals surface area contributed by atoms with E-state index in [1.54, 1.807) is 32.0 Å². The fraction of sp³-hybridized carbons (Fsp3) is 0.176. The van der Waals surface area contributed by atoms with E-state index in [4.69, 9.17) is 11.6 Å². The Morgan fingerprint density at radius 2 is 1.88 bits per heavy atom. The van der Waals surface area contributed by atoms with Crippen LogP contribution in [-0.2, 0) is 10.0 Å². The zero-order valence-electron chi connectivity index (χ0n) is 14.5. The number of hydrogen-bond acceptors (Lipinski definition) is 5. The smallest absolute Gasteiger partial charge is 0.265 e. The van der Waals surface area contributed by atoms with Crippen molar-refractivity contribution < 1.29 is 8.42 Å². The number of aromatic nitrogens is 3. The molecule has 0 aliphatic rings. The number of pyridine rings is 1. The van der Waals surface area contributed by atoms with Gasteiger partial charge in [0.1, 0.15) is 10.7 Å². The van der Waals surface area contributed by atoms with Gasteiger partial charge in [0, 0.05) is 10.7 Å². The number of anilines is 3. The molecule has 3 N–H and O–H groups in total. The lowest BCUT2D eigenvalue weighted by molar-refractivity contribution is 0.600. The van der Waals surface area contributed by atoms with Crippen LogP contribution in [0.1, 0.15) is 17.0 Å². The molecule has 0 saturated carbocycles. The van der Waals surface area contributed by atoms with Crippen molar-refractivity contribution in [2.45, 2.75) is 25.7 Å². The van der Waals surface area contributed by atoms with Crippen molar-refractivity contribution in [3.63, 3.8) is 0 Å². The average Bonchev–Trinajstić information content (AvgIpc) is 2.91. The summed E-state index contributed by atoms with van der Waals surface area (Å²) in [6.45, 7) is 5.23. The summed E-state index contributed by atoms with van der Waals surface area (Å²) in [5.41, 5.74) is 3.12. The molecule has 1 aromatic carbocycles. The Bertz CT molecular complexity index is 1030. The van der Waals surface area contributed by atoms with Crippen LogP contribution in [0.25, 0.3) is 0 Å². The second-order valence-corrected chi connectivity index (χ2v) is 7.94. The zero-order chi connectivity index (χ0) is 18.9. The van der Waals surface area contributed by atoms with Crippen LogP contribution in [0.2, 0.25) is 5.02 Å². The monoisotopic (exact) mass is 391 g/mol. The summed E-state index contributed by atoms with van der Waals surface area (Å²) in [6.07, 6.45) is 1.45. The van der Waals surface area contributed by atoms with E-state index in [1.807, 2.05) is 19.1 Å². The Hall–Kier alpha value is -2.58. The van der Waals surface area contributed by atoms with E-state index in [-0.39, 0.29) is 4.90 Å². The lowest BCUT2D eigenvalue weighted by Crippen LogP contribution is -2.14. The Balaban J connectivity index is 1.77. The van der Waals surface area contributed by atoms with Crippen LogP contribution < -0.4 is 10.0 Å². The highest BCUT2D eigenvalue weighted by Gasteiger charge is 2.22. The average molecular weight is 392 g/mol. The predicted octanol–water partition coefficient (Wildman–Crippen LogP) is 3.93. The summed E-state index contributed by atoms with van der Waals surface area (Å²) in [5.74, 6) is 0.592. The van der Waals surface area contributed by atoms with Crippen LogP contribution in [0, 0.1) is 20.8 Å². The van der Waals surface area contributed by atoms with Gasteiger partial charge in [-0.05, 0) is 56.7 Å². The standard InChI is InChI=1S/C17H18ClN5O2S/c1-10-8-13(18)4-6-15(10)20-16-7-5-14(9-19-16)23-26(24,25)17-11(2)21-22-12(17)3/h4-9,23H,1-3H3,(H,19,20)(H,21,22). The molecule has 2 heterocycles. The molecule has 3 aromatic rings. The number of hydrogen-bond donors (Lipinski definition) is 3. The van der Waals surface area contributed by atoms with Crippen LogP contribution in [-0.4, -0.2) is 23.6 Å². The highest BCUT2D eigenvalue weighted by atomic mass is 35.5. The van der Waals surface area contributed by atoms with Gasteiger partial charge in [0.05, 0.1) is 23.3 Å². The van der Waals surface area contributed by atoms with Crippen molar-refractivity contribution in [2.24, 2.45) is 0 Å². The van der Waals surface area contributed by atoms with Gasteiger partial charge in [-0.3, -0.25) is 9.82 Å². The maximum Gasteiger partial charge on any atom is 0.265 e. The first kappa shape index (κ1) is 18.2. The Morgan fingerprint density at radius 3 is 2.46 bits per heavy atom. The van der Waals surface area contributed by atoms with E-state index in [0.717, 1.165) is 11.3 Å². The number of aromatic amines is 1. The molecule has 0 fully saturated rings. The highest BCUT2D eigenvalue weighted by Crippen LogP contribution is 2.24. The molecule has 0 unspecified atom stereocenters. The summed E-state index contributed by atoms with van der Waals surface area (Å²) in [4.78, 5) is 4.40. The van der Waals surface area contributed by atoms with Gasteiger partial charge >= 0.3 is 0 Å². The number of rotatable bonds is 5. The van der Waals surface area contributed by atoms with Gasteiger partial charge in [-0.2, -0.15) is 5.10 Å². The lowest BCUT2D eigenvalue weighted by Gasteiger charge is -2.11. The molecule has 0 amide bonds. The largest absolute Gasteiger partial charge is 0.340 e. The molecule has 0 aliphatic heterocycles. The number of halogens is 1. The first-order chi connectivity index (χ1) is 12.3. The van der Waals surface area contributed by atoms with Gasteiger partial charge in [0.15, 0.2) is 0 Å². The molecule has 0 spiro atoms. The third-order valence-corrected chi connectivity index (χ3v) is 5.67. The van der Waals surface area contributed by atoms with Crippen molar-refractivity contribution in [1.82, 2.24) is 15.2 Å². The van der Waals surface area contributed by atoms with Crippen LogP contribution in [0.15, 0.2) is 41.4 Å². The van der Waals surface area contributed by atoms with Gasteiger partial charge in [0.25, 0.3) is 10.0 Å². The third kappa shape index (κ3) is 3.81. The second kappa shape index (κ2) is 6.97. The van der Waals surface area contributed by atoms with Crippen molar-refractivity contribution in [1.29, 1.82) is 0 Å². The van der Waals surface area contributed by atoms with Crippen molar-refractivity contribution in [3.05, 3.63) is 58.5 Å². The van der Waals surface area contributed by atoms with E-state index in [1.165, 1.54) is 6.20 Å². The summed E-state index contributed by atoms with van der Waals surface area (Å²) in [5, 5.41) is 10.4. The van der Waals surface area contributed by atoms with E-state index in [0.29, 0.717) is 27.9 Å². The molecule has 0 bridgehead atoms. The van der Waals surface area contributed by atoms with Crippen LogP contribution in [0.4, 0.5) is 17.2 Å². The van der Waals surface area contributed by atoms with Gasteiger partial charge in [0.2, 0.25) is 0 Å². The minimum atomic E-state index is -3.73. The molecule has 26 heavy (non-hydrogen) atoms. The lowest BCUT2D eigenvalue weighted by atomic mass is 10.2. The molecule has 0 aliphatic carbocycles. The molecule has 0 atom stereocenters. The molecule has 136 valence electrons. The molecule has 9 heteroatoms. The van der Waals surface area contributed by atoms with Gasteiger partial charge in [-0.15, -0.1) is 0 Å². The number of benzene rings is 1. The molecule has 0 saturated heterocycles. The van der Waals surface area contributed by atoms with E-state index < -0.39 is 10.0 Å². The van der Waals surface area contributed by atoms with Crippen molar-refractivity contribution in [3.8, 4) is 0 Å². The SMILES string of the molecule is Cc1cc(Cl)ccc1Nc1ccc(NS(=O)(=O)c2c(C)n[nH]c2C)cn1. The fourth-order valence-electron chi connectivity index (χ4n) is 2.58. The molecule has 0 radical (unpaired) electrons. The van der Waals surface area contributed by atoms with Gasteiger partial charge in [-0.1, -0.05) is 11.6 Å². The number of aryl methyl sites for hydroxylation is 3. The fourth-order valence-corrected chi connectivity index (χ4v) is 4.22. The van der Waals surface area contributed by atoms with Crippen molar-refractivity contribution >= 4 is 38.8 Å². The van der Waals surface area contributed by atoms with E-state index in [9.17, 15) is 8.42 Å². The maximum absolute atomic E-state index is 12.5. The summed E-state index contributed by atoms with van der Waals surface area (Å²) in [7, 11) is -3.73. The summed E-state index contributed by atoms with van der Waals surface area (Å²) in [6, 6.07) is 8.83. The van der Waals surface area contributed by atoms with Gasteiger partial charge in [-0.25, -0.2) is 13.4 Å². The number of sulfonamides is 1. The minimum absolute atomic E-state index is 0.150. The summed E-state index contributed by atoms with van der Waals surface area (Å²) >= 11 is 5.95. The predicted molar refractivity (Wildman–Crippen MR) is 103 cm³/mol. The minimum Gasteiger partial charge on any atom is -0.340 e. The first-order valence-electron chi connectivity index (χ1n) is 7.80. The Kier molecular flexibility index (Phi) is 4.88. The summed E-state index contributed by atoms with van der Waals surface area (Å²) < 4.78 is 27.6. The molecule has 7 nitrogen and oxygen atoms in total. The van der Waals surface area contributed by atoms with Crippen LogP contribution in [0.3, 0.4) is 0 Å². The van der Waals surface area contributed by atoms with E-state index in [2.05, 4.69) is 25.2 Å². The quantitative estimate of drug-likeness (QED) is 0.611. The third-order valence-electron chi connectivity index (χ3n) is 3.80. The number of nitrogens with zero attached hydrogens (tertiary/aromatic N) is 2. The Labute approximate surface area is 156 Å². The van der Waals surface area contributed by atoms with E-state index >= 15 is 0 Å².